The van der Waals surface area contributed by atoms with Crippen molar-refractivity contribution in [2.24, 2.45) is 5.92 Å². The van der Waals surface area contributed by atoms with Crippen molar-refractivity contribution in [1.29, 1.82) is 0 Å². The van der Waals surface area contributed by atoms with E-state index in [2.05, 4.69) is 5.32 Å². The van der Waals surface area contributed by atoms with Crippen molar-refractivity contribution < 1.29 is 4.79 Å². The van der Waals surface area contributed by atoms with E-state index in [9.17, 15) is 4.79 Å². The summed E-state index contributed by atoms with van der Waals surface area (Å²) in [6.07, 6.45) is 1.09. The van der Waals surface area contributed by atoms with E-state index in [1.165, 1.54) is 0 Å². The second-order valence-electron chi connectivity index (χ2n) is 3.71. The molecule has 1 fully saturated rings. The van der Waals surface area contributed by atoms with Gasteiger partial charge in [0.25, 0.3) is 0 Å². The maximum atomic E-state index is 11.5. The second-order valence-corrected chi connectivity index (χ2v) is 3.71. The Morgan fingerprint density at radius 1 is 1.58 bits per heavy atom. The van der Waals surface area contributed by atoms with Crippen molar-refractivity contribution in [3.8, 4) is 0 Å². The molecule has 1 aliphatic rings. The fourth-order valence-corrected chi connectivity index (χ4v) is 1.56. The fraction of sp³-hybridized carbons (Fsp3) is 0.889. The number of nitrogens with one attached hydrogen (secondary N) is 1. The van der Waals surface area contributed by atoms with Gasteiger partial charge in [0.2, 0.25) is 5.91 Å². The molecule has 0 spiro atoms. The van der Waals surface area contributed by atoms with Crippen LogP contribution >= 0.6 is 0 Å². The van der Waals surface area contributed by atoms with Crippen LogP contribution in [0.15, 0.2) is 0 Å². The summed E-state index contributed by atoms with van der Waals surface area (Å²) in [5.41, 5.74) is 0. The highest BCUT2D eigenvalue weighted by Gasteiger charge is 2.25. The Morgan fingerprint density at radius 2 is 2.25 bits per heavy atom. The van der Waals surface area contributed by atoms with Crippen molar-refractivity contribution in [2.45, 2.75) is 26.3 Å². The van der Waals surface area contributed by atoms with Gasteiger partial charge in [0, 0.05) is 25.0 Å². The molecule has 0 radical (unpaired) electrons. The van der Waals surface area contributed by atoms with E-state index >= 15 is 0 Å². The van der Waals surface area contributed by atoms with Crippen molar-refractivity contribution in [3.63, 3.8) is 0 Å². The molecular weight excluding hydrogens is 152 g/mol. The smallest absolute Gasteiger partial charge is 0.225 e. The molecule has 1 atom stereocenters. The number of amides is 1. The molecule has 12 heavy (non-hydrogen) atoms. The lowest BCUT2D eigenvalue weighted by atomic mass is 10.2. The first-order valence-electron chi connectivity index (χ1n) is 4.61. The minimum absolute atomic E-state index is 0.139. The van der Waals surface area contributed by atoms with E-state index in [1.54, 1.807) is 0 Å². The SMILES string of the molecule is CNC1CCN(C(=O)C(C)C)C1. The number of likely N-dealkylation sites (N-methyl/N-ethyl adjacent to an activating group) is 1. The first-order valence-corrected chi connectivity index (χ1v) is 4.61. The molecule has 0 bridgehead atoms. The van der Waals surface area contributed by atoms with Gasteiger partial charge < -0.3 is 10.2 Å². The minimum atomic E-state index is 0.139. The van der Waals surface area contributed by atoms with Crippen LogP contribution in [0.25, 0.3) is 0 Å². The molecule has 1 rings (SSSR count). The maximum absolute atomic E-state index is 11.5. The van der Waals surface area contributed by atoms with Crippen LogP contribution < -0.4 is 5.32 Å². The Balaban J connectivity index is 2.41. The van der Waals surface area contributed by atoms with Crippen molar-refractivity contribution >= 4 is 5.91 Å². The molecule has 0 aliphatic carbocycles. The Hall–Kier alpha value is -0.570. The van der Waals surface area contributed by atoms with Crippen molar-refractivity contribution in [2.75, 3.05) is 20.1 Å². The molecule has 1 amide bonds. The second kappa shape index (κ2) is 3.90. The molecular formula is C9H18N2O. The molecule has 0 aromatic rings. The van der Waals surface area contributed by atoms with Gasteiger partial charge >= 0.3 is 0 Å². The Kier molecular flexibility index (Phi) is 3.09. The molecule has 1 heterocycles. The number of likely N-dealkylation sites (tertiary alicyclic amines) is 1. The van der Waals surface area contributed by atoms with E-state index in [-0.39, 0.29) is 11.8 Å². The fourth-order valence-electron chi connectivity index (χ4n) is 1.56. The van der Waals surface area contributed by atoms with Gasteiger partial charge in [-0.1, -0.05) is 13.8 Å². The molecule has 0 aromatic carbocycles. The van der Waals surface area contributed by atoms with Crippen molar-refractivity contribution in [1.82, 2.24) is 10.2 Å². The summed E-state index contributed by atoms with van der Waals surface area (Å²) in [5, 5.41) is 3.19. The highest BCUT2D eigenvalue weighted by molar-refractivity contribution is 5.78. The molecule has 3 heteroatoms. The molecule has 70 valence electrons. The normalized spacial score (nSPS) is 23.7. The van der Waals surface area contributed by atoms with Gasteiger partial charge in [-0.25, -0.2) is 0 Å². The van der Waals surface area contributed by atoms with E-state index < -0.39 is 0 Å². The molecule has 3 nitrogen and oxygen atoms in total. The maximum Gasteiger partial charge on any atom is 0.225 e. The number of hydrogen-bond donors (Lipinski definition) is 1. The standard InChI is InChI=1S/C9H18N2O/c1-7(2)9(12)11-5-4-8(6-11)10-3/h7-8,10H,4-6H2,1-3H3. The summed E-state index contributed by atoms with van der Waals surface area (Å²) >= 11 is 0. The van der Waals surface area contributed by atoms with Crippen LogP contribution in [0.3, 0.4) is 0 Å². The lowest BCUT2D eigenvalue weighted by Gasteiger charge is -2.18. The van der Waals surface area contributed by atoms with E-state index in [1.807, 2.05) is 25.8 Å². The number of carbonyl (C=O) groups excluding carboxylic acids is 1. The summed E-state index contributed by atoms with van der Waals surface area (Å²) in [6.45, 7) is 5.71. The third-order valence-electron chi connectivity index (χ3n) is 2.40. The van der Waals surface area contributed by atoms with Crippen LogP contribution in [0, 0.1) is 5.92 Å². The Bertz CT molecular complexity index is 168. The third-order valence-corrected chi connectivity index (χ3v) is 2.40. The third kappa shape index (κ3) is 1.97. The average Bonchev–Trinajstić information content (AvgIpc) is 2.50. The van der Waals surface area contributed by atoms with Crippen LogP contribution in [0.5, 0.6) is 0 Å². The largest absolute Gasteiger partial charge is 0.341 e. The van der Waals surface area contributed by atoms with Crippen LogP contribution in [0.2, 0.25) is 0 Å². The van der Waals surface area contributed by atoms with Crippen LogP contribution in [0.4, 0.5) is 0 Å². The summed E-state index contributed by atoms with van der Waals surface area (Å²) < 4.78 is 0. The number of hydrogen-bond acceptors (Lipinski definition) is 2. The van der Waals surface area contributed by atoms with Crippen LogP contribution in [-0.4, -0.2) is 37.0 Å². The lowest BCUT2D eigenvalue weighted by molar-refractivity contribution is -0.133. The predicted molar refractivity (Wildman–Crippen MR) is 48.9 cm³/mol. The minimum Gasteiger partial charge on any atom is -0.341 e. The zero-order valence-corrected chi connectivity index (χ0v) is 8.13. The summed E-state index contributed by atoms with van der Waals surface area (Å²) in [6, 6.07) is 0.507. The zero-order chi connectivity index (χ0) is 9.14. The summed E-state index contributed by atoms with van der Waals surface area (Å²) in [7, 11) is 1.95. The molecule has 0 aromatic heterocycles. The van der Waals surface area contributed by atoms with Gasteiger partial charge in [-0.2, -0.15) is 0 Å². The number of carbonyl (C=O) groups is 1. The monoisotopic (exact) mass is 170 g/mol. The van der Waals surface area contributed by atoms with Crippen LogP contribution in [0.1, 0.15) is 20.3 Å². The molecule has 1 aliphatic heterocycles. The number of nitrogens with zero attached hydrogens (tertiary/aromatic N) is 1. The predicted octanol–water partition coefficient (Wildman–Crippen LogP) is 0.463. The molecule has 0 saturated carbocycles. The molecule has 1 N–H and O–H groups in total. The quantitative estimate of drug-likeness (QED) is 0.653. The molecule has 1 unspecified atom stereocenters. The number of rotatable bonds is 2. The summed E-state index contributed by atoms with van der Waals surface area (Å²) in [4.78, 5) is 13.5. The Morgan fingerprint density at radius 3 is 2.67 bits per heavy atom. The van der Waals surface area contributed by atoms with Gasteiger partial charge in [0.1, 0.15) is 0 Å². The van der Waals surface area contributed by atoms with E-state index in [4.69, 9.17) is 0 Å². The first kappa shape index (κ1) is 9.52. The zero-order valence-electron chi connectivity index (χ0n) is 8.13. The van der Waals surface area contributed by atoms with Gasteiger partial charge in [-0.15, -0.1) is 0 Å². The van der Waals surface area contributed by atoms with Gasteiger partial charge in [-0.05, 0) is 13.5 Å². The summed E-state index contributed by atoms with van der Waals surface area (Å²) in [5.74, 6) is 0.424. The first-order chi connectivity index (χ1) is 5.65. The molecule has 1 saturated heterocycles. The van der Waals surface area contributed by atoms with E-state index in [0.29, 0.717) is 6.04 Å². The average molecular weight is 170 g/mol. The van der Waals surface area contributed by atoms with Gasteiger partial charge in [0.15, 0.2) is 0 Å². The topological polar surface area (TPSA) is 32.3 Å². The Labute approximate surface area is 74.1 Å². The van der Waals surface area contributed by atoms with Gasteiger partial charge in [-0.3, -0.25) is 4.79 Å². The highest BCUT2D eigenvalue weighted by Crippen LogP contribution is 2.11. The van der Waals surface area contributed by atoms with Crippen LogP contribution in [-0.2, 0) is 4.79 Å². The van der Waals surface area contributed by atoms with Gasteiger partial charge in [0.05, 0.1) is 0 Å². The van der Waals surface area contributed by atoms with Crippen molar-refractivity contribution in [3.05, 3.63) is 0 Å². The van der Waals surface area contributed by atoms with E-state index in [0.717, 1.165) is 19.5 Å². The highest BCUT2D eigenvalue weighted by atomic mass is 16.2. The lowest BCUT2D eigenvalue weighted by Crippen LogP contribution is -2.35.